The molecule has 2 rings (SSSR count). The zero-order chi connectivity index (χ0) is 18.8. The van der Waals surface area contributed by atoms with Gasteiger partial charge < -0.3 is 15.1 Å². The molecule has 2 amide bonds. The van der Waals surface area contributed by atoms with Gasteiger partial charge in [-0.1, -0.05) is 0 Å². The van der Waals surface area contributed by atoms with Crippen molar-refractivity contribution in [1.82, 2.24) is 15.1 Å². The van der Waals surface area contributed by atoms with Gasteiger partial charge in [-0.2, -0.15) is 13.2 Å². The third kappa shape index (κ3) is 4.06. The second-order valence-electron chi connectivity index (χ2n) is 5.39. The fourth-order valence-corrected chi connectivity index (χ4v) is 2.50. The van der Waals surface area contributed by atoms with E-state index in [0.717, 1.165) is 12.1 Å². The second kappa shape index (κ2) is 7.08. The first-order valence-corrected chi connectivity index (χ1v) is 7.36. The van der Waals surface area contributed by atoms with Crippen LogP contribution in [-0.4, -0.2) is 60.7 Å². The predicted molar refractivity (Wildman–Crippen MR) is 80.7 cm³/mol. The summed E-state index contributed by atoms with van der Waals surface area (Å²) in [6.45, 7) is 0.376. The predicted octanol–water partition coefficient (Wildman–Crippen LogP) is 1.33. The molecule has 6 nitrogen and oxygen atoms in total. The van der Waals surface area contributed by atoms with Gasteiger partial charge in [0, 0.05) is 33.2 Å². The van der Waals surface area contributed by atoms with E-state index in [2.05, 4.69) is 5.32 Å². The Balaban J connectivity index is 2.14. The molecule has 1 fully saturated rings. The lowest BCUT2D eigenvalue weighted by Gasteiger charge is -2.35. The summed E-state index contributed by atoms with van der Waals surface area (Å²) in [4.78, 5) is 26.4. The Morgan fingerprint density at radius 1 is 1.12 bits per heavy atom. The number of nitrogens with one attached hydrogen (secondary N) is 2. The minimum Gasteiger partial charge on any atom is -0.352 e. The summed E-state index contributed by atoms with van der Waals surface area (Å²) >= 11 is 0. The Labute approximate surface area is 140 Å². The third-order valence-electron chi connectivity index (χ3n) is 3.84. The largest absolute Gasteiger partial charge is 0.417 e. The Morgan fingerprint density at radius 3 is 2.20 bits per heavy atom. The number of amidine groups is 1. The normalized spacial score (nSPS) is 15.1. The summed E-state index contributed by atoms with van der Waals surface area (Å²) in [7, 11) is 1.38. The van der Waals surface area contributed by atoms with Crippen LogP contribution in [0, 0.1) is 11.2 Å². The van der Waals surface area contributed by atoms with Crippen molar-refractivity contribution in [1.29, 1.82) is 5.41 Å². The number of halogens is 4. The molecule has 136 valence electrons. The molecule has 0 bridgehead atoms. The van der Waals surface area contributed by atoms with E-state index in [4.69, 9.17) is 5.41 Å². The van der Waals surface area contributed by atoms with Crippen LogP contribution in [0.2, 0.25) is 0 Å². The fourth-order valence-electron chi connectivity index (χ4n) is 2.50. The van der Waals surface area contributed by atoms with Crippen LogP contribution in [0.1, 0.15) is 15.9 Å². The van der Waals surface area contributed by atoms with Gasteiger partial charge in [0.25, 0.3) is 11.8 Å². The molecule has 0 radical (unpaired) electrons. The minimum absolute atomic E-state index is 0.0485. The zero-order valence-corrected chi connectivity index (χ0v) is 13.3. The molecule has 1 aromatic rings. The number of likely N-dealkylation sites (N-methyl/N-ethyl adjacent to an activating group) is 1. The van der Waals surface area contributed by atoms with Crippen LogP contribution in [0.4, 0.5) is 17.6 Å². The average molecular weight is 360 g/mol. The van der Waals surface area contributed by atoms with E-state index in [1.807, 2.05) is 0 Å². The minimum atomic E-state index is -4.85. The molecular weight excluding hydrogens is 344 g/mol. The first-order valence-electron chi connectivity index (χ1n) is 7.36. The van der Waals surface area contributed by atoms with Crippen molar-refractivity contribution in [2.45, 2.75) is 6.18 Å². The molecule has 1 aromatic carbocycles. The highest BCUT2D eigenvalue weighted by atomic mass is 19.4. The number of carbonyl (C=O) groups is 2. The van der Waals surface area contributed by atoms with E-state index in [1.165, 1.54) is 16.8 Å². The van der Waals surface area contributed by atoms with Crippen LogP contribution < -0.4 is 5.32 Å². The van der Waals surface area contributed by atoms with Gasteiger partial charge in [0.15, 0.2) is 5.84 Å². The summed E-state index contributed by atoms with van der Waals surface area (Å²) in [5.41, 5.74) is -1.94. The highest BCUT2D eigenvalue weighted by Crippen LogP contribution is 2.33. The second-order valence-corrected chi connectivity index (χ2v) is 5.39. The molecule has 1 aliphatic rings. The number of benzene rings is 1. The Morgan fingerprint density at radius 2 is 1.68 bits per heavy atom. The SMILES string of the molecule is CNC(=O)C(=N)N1CCN(C(=O)c2ccc(F)cc2C(F)(F)F)CC1. The van der Waals surface area contributed by atoms with E-state index in [-0.39, 0.29) is 32.0 Å². The maximum Gasteiger partial charge on any atom is 0.417 e. The summed E-state index contributed by atoms with van der Waals surface area (Å²) in [6.07, 6.45) is -4.85. The van der Waals surface area contributed by atoms with Crippen molar-refractivity contribution in [3.05, 3.63) is 35.1 Å². The highest BCUT2D eigenvalue weighted by Gasteiger charge is 2.37. The topological polar surface area (TPSA) is 76.5 Å². The van der Waals surface area contributed by atoms with Gasteiger partial charge in [-0.15, -0.1) is 0 Å². The molecule has 0 aliphatic carbocycles. The number of alkyl halides is 3. The van der Waals surface area contributed by atoms with E-state index in [9.17, 15) is 27.2 Å². The molecule has 1 heterocycles. The molecular formula is C15H16F4N4O2. The van der Waals surface area contributed by atoms with Gasteiger partial charge in [-0.05, 0) is 18.2 Å². The van der Waals surface area contributed by atoms with Crippen LogP contribution in [0.5, 0.6) is 0 Å². The number of rotatable bonds is 1. The van der Waals surface area contributed by atoms with Crippen LogP contribution in [0.3, 0.4) is 0 Å². The highest BCUT2D eigenvalue weighted by molar-refractivity contribution is 6.36. The molecule has 1 saturated heterocycles. The fraction of sp³-hybridized carbons (Fsp3) is 0.400. The number of hydrogen-bond donors (Lipinski definition) is 2. The number of nitrogens with zero attached hydrogens (tertiary/aromatic N) is 2. The molecule has 1 aliphatic heterocycles. The summed E-state index contributed by atoms with van der Waals surface area (Å²) in [6, 6.07) is 1.92. The molecule has 0 atom stereocenters. The van der Waals surface area contributed by atoms with E-state index in [0.29, 0.717) is 6.07 Å². The van der Waals surface area contributed by atoms with E-state index >= 15 is 0 Å². The van der Waals surface area contributed by atoms with E-state index in [1.54, 1.807) is 0 Å². The molecule has 0 spiro atoms. The number of hydrogen-bond acceptors (Lipinski definition) is 3. The molecule has 25 heavy (non-hydrogen) atoms. The first-order chi connectivity index (χ1) is 11.6. The van der Waals surface area contributed by atoms with Crippen molar-refractivity contribution in [3.8, 4) is 0 Å². The molecule has 0 unspecified atom stereocenters. The van der Waals surface area contributed by atoms with Crippen molar-refractivity contribution in [2.24, 2.45) is 0 Å². The van der Waals surface area contributed by atoms with Crippen LogP contribution >= 0.6 is 0 Å². The van der Waals surface area contributed by atoms with Crippen molar-refractivity contribution >= 4 is 17.6 Å². The monoisotopic (exact) mass is 360 g/mol. The van der Waals surface area contributed by atoms with Crippen molar-refractivity contribution in [3.63, 3.8) is 0 Å². The number of piperazine rings is 1. The van der Waals surface area contributed by atoms with Crippen molar-refractivity contribution < 1.29 is 27.2 Å². The first kappa shape index (κ1) is 18.7. The maximum atomic E-state index is 13.1. The third-order valence-corrected chi connectivity index (χ3v) is 3.84. The number of carbonyl (C=O) groups excluding carboxylic acids is 2. The lowest BCUT2D eigenvalue weighted by molar-refractivity contribution is -0.138. The smallest absolute Gasteiger partial charge is 0.352 e. The standard InChI is InChI=1S/C15H16F4N4O2/c1-21-13(24)12(20)22-4-6-23(7-5-22)14(25)10-3-2-9(16)8-11(10)15(17,18)19/h2-3,8,20H,4-7H2,1H3,(H,21,24). The Hall–Kier alpha value is -2.65. The molecule has 10 heteroatoms. The van der Waals surface area contributed by atoms with Crippen molar-refractivity contribution in [2.75, 3.05) is 33.2 Å². The van der Waals surface area contributed by atoms with Crippen LogP contribution in [0.15, 0.2) is 18.2 Å². The number of amides is 2. The lowest BCUT2D eigenvalue weighted by atomic mass is 10.0. The van der Waals surface area contributed by atoms with Gasteiger partial charge >= 0.3 is 6.18 Å². The lowest BCUT2D eigenvalue weighted by Crippen LogP contribution is -2.53. The Kier molecular flexibility index (Phi) is 5.29. The quantitative estimate of drug-likeness (QED) is 0.451. The molecule has 2 N–H and O–H groups in total. The van der Waals surface area contributed by atoms with Gasteiger partial charge in [0.05, 0.1) is 11.1 Å². The maximum absolute atomic E-state index is 13.1. The zero-order valence-electron chi connectivity index (χ0n) is 13.3. The van der Waals surface area contributed by atoms with Crippen LogP contribution in [0.25, 0.3) is 0 Å². The summed E-state index contributed by atoms with van der Waals surface area (Å²) < 4.78 is 52.2. The summed E-state index contributed by atoms with van der Waals surface area (Å²) in [5, 5.41) is 9.99. The summed E-state index contributed by atoms with van der Waals surface area (Å²) in [5.74, 6) is -2.80. The molecule has 0 saturated carbocycles. The van der Waals surface area contributed by atoms with Crippen LogP contribution in [-0.2, 0) is 11.0 Å². The molecule has 0 aromatic heterocycles. The van der Waals surface area contributed by atoms with Gasteiger partial charge in [-0.25, -0.2) is 4.39 Å². The van der Waals surface area contributed by atoms with Gasteiger partial charge in [-0.3, -0.25) is 15.0 Å². The average Bonchev–Trinajstić information content (AvgIpc) is 2.59. The Bertz CT molecular complexity index is 697. The van der Waals surface area contributed by atoms with E-state index < -0.39 is 34.9 Å². The van der Waals surface area contributed by atoms with Gasteiger partial charge in [0.2, 0.25) is 0 Å². The van der Waals surface area contributed by atoms with Gasteiger partial charge in [0.1, 0.15) is 5.82 Å².